The molecule has 0 radical (unpaired) electrons. The van der Waals surface area contributed by atoms with Crippen LogP contribution in [0.1, 0.15) is 11.4 Å². The number of aliphatic hydroxyl groups excluding tert-OH is 1. The average Bonchev–Trinajstić information content (AvgIpc) is 3.24. The number of aromatic nitrogens is 5. The predicted molar refractivity (Wildman–Crippen MR) is 123 cm³/mol. The topological polar surface area (TPSA) is 97.5 Å². The maximum absolute atomic E-state index is 9.34. The summed E-state index contributed by atoms with van der Waals surface area (Å²) in [7, 11) is 1.63. The van der Waals surface area contributed by atoms with Crippen LogP contribution in [0.5, 0.6) is 5.75 Å². The third kappa shape index (κ3) is 3.70. The Morgan fingerprint density at radius 3 is 2.78 bits per heavy atom. The molecule has 0 aliphatic rings. The fourth-order valence-electron chi connectivity index (χ4n) is 3.52. The number of hydrogen-bond donors (Lipinski definition) is 2. The van der Waals surface area contributed by atoms with Crippen molar-refractivity contribution in [3.05, 3.63) is 77.2 Å². The van der Waals surface area contributed by atoms with Crippen LogP contribution in [0.3, 0.4) is 0 Å². The molecule has 9 heteroatoms. The Morgan fingerprint density at radius 2 is 1.97 bits per heavy atom. The van der Waals surface area contributed by atoms with Crippen molar-refractivity contribution in [2.75, 3.05) is 12.4 Å². The molecule has 0 saturated carbocycles. The lowest BCUT2D eigenvalue weighted by Gasteiger charge is -2.10. The van der Waals surface area contributed by atoms with E-state index >= 15 is 0 Å². The highest BCUT2D eigenvalue weighted by molar-refractivity contribution is 6.31. The van der Waals surface area contributed by atoms with E-state index in [2.05, 4.69) is 20.5 Å². The van der Waals surface area contributed by atoms with E-state index < -0.39 is 0 Å². The zero-order chi connectivity index (χ0) is 22.1. The number of ether oxygens (including phenoxy) is 1. The maximum Gasteiger partial charge on any atom is 0.178 e. The molecular weight excluding hydrogens is 428 g/mol. The number of nitrogens with zero attached hydrogens (tertiary/aromatic N) is 5. The van der Waals surface area contributed by atoms with Crippen molar-refractivity contribution < 1.29 is 9.84 Å². The maximum atomic E-state index is 9.34. The molecule has 0 unspecified atom stereocenters. The minimum absolute atomic E-state index is 0.108. The number of methoxy groups -OCH3 is 1. The molecule has 32 heavy (non-hydrogen) atoms. The van der Waals surface area contributed by atoms with Crippen LogP contribution in [0, 0.1) is 0 Å². The van der Waals surface area contributed by atoms with Crippen LogP contribution in [0.25, 0.3) is 27.8 Å². The molecule has 5 aromatic rings. The molecule has 0 spiro atoms. The van der Waals surface area contributed by atoms with Crippen LogP contribution < -0.4 is 10.1 Å². The van der Waals surface area contributed by atoms with Gasteiger partial charge in [0, 0.05) is 33.9 Å². The minimum atomic E-state index is -0.108. The minimum Gasteiger partial charge on any atom is -0.497 e. The Balaban J connectivity index is 1.45. The monoisotopic (exact) mass is 446 g/mol. The smallest absolute Gasteiger partial charge is 0.178 e. The van der Waals surface area contributed by atoms with Gasteiger partial charge in [-0.15, -0.1) is 10.2 Å². The van der Waals surface area contributed by atoms with E-state index in [1.165, 1.54) is 0 Å². The highest BCUT2D eigenvalue weighted by Gasteiger charge is 2.11. The molecular formula is C23H19ClN6O2. The molecule has 2 aromatic carbocycles. The third-order valence-corrected chi connectivity index (χ3v) is 5.59. The standard InChI is InChI=1S/C23H19ClN6O2/c1-32-16-4-5-17-20(8-9-25-21(17)11-16)26-12-23-28-27-22-7-6-19(29-30(22)23)14-2-3-15(13-31)18(24)10-14/h2-11,31H,12-13H2,1H3,(H,25,26). The summed E-state index contributed by atoms with van der Waals surface area (Å²) in [4.78, 5) is 4.42. The first-order chi connectivity index (χ1) is 15.7. The van der Waals surface area contributed by atoms with Crippen molar-refractivity contribution >= 4 is 33.8 Å². The van der Waals surface area contributed by atoms with E-state index in [-0.39, 0.29) is 6.61 Å². The SMILES string of the molecule is COc1ccc2c(NCc3nnc4ccc(-c5ccc(CO)c(Cl)c5)nn34)ccnc2c1. The lowest BCUT2D eigenvalue weighted by atomic mass is 10.1. The van der Waals surface area contributed by atoms with Crippen molar-refractivity contribution in [1.29, 1.82) is 0 Å². The van der Waals surface area contributed by atoms with Crippen LogP contribution in [-0.4, -0.2) is 37.0 Å². The molecule has 2 N–H and O–H groups in total. The summed E-state index contributed by atoms with van der Waals surface area (Å²) in [5, 5.41) is 27.4. The van der Waals surface area contributed by atoms with Gasteiger partial charge in [-0.05, 0) is 42.0 Å². The molecule has 3 heterocycles. The van der Waals surface area contributed by atoms with E-state index in [1.54, 1.807) is 30.0 Å². The number of rotatable bonds is 6. The van der Waals surface area contributed by atoms with Crippen molar-refractivity contribution in [3.8, 4) is 17.0 Å². The van der Waals surface area contributed by atoms with Crippen molar-refractivity contribution in [1.82, 2.24) is 24.8 Å². The van der Waals surface area contributed by atoms with Crippen molar-refractivity contribution in [3.63, 3.8) is 0 Å². The normalized spacial score (nSPS) is 11.2. The second-order valence-corrected chi connectivity index (χ2v) is 7.57. The van der Waals surface area contributed by atoms with Gasteiger partial charge in [0.25, 0.3) is 0 Å². The fourth-order valence-corrected chi connectivity index (χ4v) is 3.76. The highest BCUT2D eigenvalue weighted by Crippen LogP contribution is 2.27. The molecule has 5 rings (SSSR count). The van der Waals surface area contributed by atoms with Crippen LogP contribution in [0.2, 0.25) is 5.02 Å². The van der Waals surface area contributed by atoms with Crippen molar-refractivity contribution in [2.45, 2.75) is 13.2 Å². The van der Waals surface area contributed by atoms with Gasteiger partial charge in [0.1, 0.15) is 5.75 Å². The van der Waals surface area contributed by atoms with Gasteiger partial charge in [-0.1, -0.05) is 23.7 Å². The van der Waals surface area contributed by atoms with Gasteiger partial charge in [-0.25, -0.2) is 0 Å². The molecule has 3 aromatic heterocycles. The Bertz CT molecular complexity index is 1440. The molecule has 0 saturated heterocycles. The van der Waals surface area contributed by atoms with E-state index in [0.717, 1.165) is 33.6 Å². The summed E-state index contributed by atoms with van der Waals surface area (Å²) in [6.45, 7) is 0.316. The van der Waals surface area contributed by atoms with Gasteiger partial charge in [-0.3, -0.25) is 4.98 Å². The Morgan fingerprint density at radius 1 is 1.06 bits per heavy atom. The van der Waals surface area contributed by atoms with Gasteiger partial charge in [0.05, 0.1) is 31.5 Å². The predicted octanol–water partition coefficient (Wildman–Crippen LogP) is 4.11. The fraction of sp³-hybridized carbons (Fsp3) is 0.130. The van der Waals surface area contributed by atoms with Crippen LogP contribution in [-0.2, 0) is 13.2 Å². The number of aliphatic hydroxyl groups is 1. The quantitative estimate of drug-likeness (QED) is 0.405. The number of pyridine rings is 1. The van der Waals surface area contributed by atoms with E-state index in [9.17, 15) is 5.11 Å². The molecule has 0 bridgehead atoms. The number of fused-ring (bicyclic) bond motifs is 2. The number of anilines is 1. The van der Waals surface area contributed by atoms with Gasteiger partial charge in [-0.2, -0.15) is 9.61 Å². The third-order valence-electron chi connectivity index (χ3n) is 5.23. The second-order valence-electron chi connectivity index (χ2n) is 7.16. The van der Waals surface area contributed by atoms with Crippen LogP contribution in [0.4, 0.5) is 5.69 Å². The van der Waals surface area contributed by atoms with Crippen LogP contribution in [0.15, 0.2) is 60.8 Å². The first-order valence-electron chi connectivity index (χ1n) is 9.94. The number of nitrogens with one attached hydrogen (secondary N) is 1. The van der Waals surface area contributed by atoms with E-state index in [4.69, 9.17) is 21.4 Å². The highest BCUT2D eigenvalue weighted by atomic mass is 35.5. The zero-order valence-electron chi connectivity index (χ0n) is 17.2. The first-order valence-corrected chi connectivity index (χ1v) is 10.3. The summed E-state index contributed by atoms with van der Waals surface area (Å²) >= 11 is 6.25. The molecule has 8 nitrogen and oxygen atoms in total. The lowest BCUT2D eigenvalue weighted by Crippen LogP contribution is -2.07. The largest absolute Gasteiger partial charge is 0.497 e. The molecule has 0 amide bonds. The zero-order valence-corrected chi connectivity index (χ0v) is 17.9. The first kappa shape index (κ1) is 20.2. The summed E-state index contributed by atoms with van der Waals surface area (Å²) in [6.07, 6.45) is 1.75. The van der Waals surface area contributed by atoms with Gasteiger partial charge < -0.3 is 15.2 Å². The summed E-state index contributed by atoms with van der Waals surface area (Å²) < 4.78 is 7.00. The molecule has 0 fully saturated rings. The van der Waals surface area contributed by atoms with Gasteiger partial charge >= 0.3 is 0 Å². The van der Waals surface area contributed by atoms with Crippen molar-refractivity contribution in [2.24, 2.45) is 0 Å². The Hall–Kier alpha value is -3.75. The van der Waals surface area contributed by atoms with Gasteiger partial charge in [0.15, 0.2) is 11.5 Å². The number of halogens is 1. The molecule has 0 atom stereocenters. The number of hydrogen-bond acceptors (Lipinski definition) is 7. The average molecular weight is 447 g/mol. The Kier molecular flexibility index (Phi) is 5.30. The molecule has 0 aliphatic heterocycles. The summed E-state index contributed by atoms with van der Waals surface area (Å²) in [6, 6.07) is 16.9. The van der Waals surface area contributed by atoms with Crippen LogP contribution >= 0.6 is 11.6 Å². The molecule has 0 aliphatic carbocycles. The lowest BCUT2D eigenvalue weighted by molar-refractivity contribution is 0.282. The summed E-state index contributed by atoms with van der Waals surface area (Å²) in [5.41, 5.74) is 4.66. The summed E-state index contributed by atoms with van der Waals surface area (Å²) in [5.74, 6) is 1.42. The Labute approximate surface area is 188 Å². The second kappa shape index (κ2) is 8.41. The number of benzene rings is 2. The van der Waals surface area contributed by atoms with E-state index in [0.29, 0.717) is 28.6 Å². The molecule has 160 valence electrons. The van der Waals surface area contributed by atoms with Gasteiger partial charge in [0.2, 0.25) is 0 Å². The van der Waals surface area contributed by atoms with E-state index in [1.807, 2.05) is 42.5 Å².